The number of furan rings is 1. The van der Waals surface area contributed by atoms with Crippen molar-refractivity contribution in [3.05, 3.63) is 35.5 Å². The van der Waals surface area contributed by atoms with E-state index >= 15 is 0 Å². The van der Waals surface area contributed by atoms with Crippen molar-refractivity contribution in [2.24, 2.45) is 0 Å². The highest BCUT2D eigenvalue weighted by Crippen LogP contribution is 2.28. The Morgan fingerprint density at radius 1 is 1.35 bits per heavy atom. The van der Waals surface area contributed by atoms with Gasteiger partial charge in [0, 0.05) is 25.2 Å². The molecule has 0 bridgehead atoms. The number of alkyl halides is 3. The van der Waals surface area contributed by atoms with Crippen molar-refractivity contribution in [2.45, 2.75) is 19.6 Å². The van der Waals surface area contributed by atoms with Crippen LogP contribution in [-0.4, -0.2) is 17.0 Å². The Balaban J connectivity index is 2.28. The van der Waals surface area contributed by atoms with E-state index in [0.717, 1.165) is 5.56 Å². The van der Waals surface area contributed by atoms with Crippen LogP contribution in [0.3, 0.4) is 0 Å². The summed E-state index contributed by atoms with van der Waals surface area (Å²) >= 11 is 0. The molecule has 0 amide bonds. The van der Waals surface area contributed by atoms with Crippen LogP contribution in [0.2, 0.25) is 0 Å². The lowest BCUT2D eigenvalue weighted by Gasteiger charge is -2.19. The summed E-state index contributed by atoms with van der Waals surface area (Å²) in [7, 11) is 1.62. The van der Waals surface area contributed by atoms with E-state index in [1.807, 2.05) is 0 Å². The fraction of sp³-hybridized carbons (Fsp3) is 0.333. The van der Waals surface area contributed by atoms with Gasteiger partial charge in [-0.2, -0.15) is 13.2 Å². The van der Waals surface area contributed by atoms with E-state index in [9.17, 15) is 13.2 Å². The minimum Gasteiger partial charge on any atom is -0.469 e. The number of nitrogens with two attached hydrogens (primary N) is 1. The second-order valence-corrected chi connectivity index (χ2v) is 4.33. The molecule has 2 rings (SSSR count). The van der Waals surface area contributed by atoms with Gasteiger partial charge in [0.05, 0.1) is 6.26 Å². The first-order valence-corrected chi connectivity index (χ1v) is 5.73. The summed E-state index contributed by atoms with van der Waals surface area (Å²) in [6, 6.07) is 3.05. The lowest BCUT2D eigenvalue weighted by atomic mass is 10.2. The molecule has 20 heavy (non-hydrogen) atoms. The van der Waals surface area contributed by atoms with Crippen molar-refractivity contribution in [3.8, 4) is 0 Å². The molecule has 0 spiro atoms. The molecule has 5 nitrogen and oxygen atoms in total. The molecule has 0 fully saturated rings. The van der Waals surface area contributed by atoms with Crippen molar-refractivity contribution in [3.63, 3.8) is 0 Å². The molecular weight excluding hydrogens is 273 g/mol. The van der Waals surface area contributed by atoms with Crippen molar-refractivity contribution in [1.82, 2.24) is 9.97 Å². The molecule has 2 N–H and O–H groups in total. The van der Waals surface area contributed by atoms with Crippen LogP contribution in [0.1, 0.15) is 17.1 Å². The van der Waals surface area contributed by atoms with E-state index < -0.39 is 12.0 Å². The zero-order valence-corrected chi connectivity index (χ0v) is 10.9. The lowest BCUT2D eigenvalue weighted by molar-refractivity contribution is -0.144. The second kappa shape index (κ2) is 5.03. The Hall–Kier alpha value is -2.25. The maximum Gasteiger partial charge on any atom is 0.451 e. The van der Waals surface area contributed by atoms with E-state index in [0.29, 0.717) is 12.3 Å². The molecule has 2 aromatic rings. The van der Waals surface area contributed by atoms with Gasteiger partial charge in [-0.05, 0) is 13.0 Å². The van der Waals surface area contributed by atoms with Crippen LogP contribution in [0.15, 0.2) is 22.8 Å². The summed E-state index contributed by atoms with van der Waals surface area (Å²) in [6.45, 7) is 2.13. The predicted octanol–water partition coefficient (Wildman–Crippen LogP) is 2.62. The summed E-state index contributed by atoms with van der Waals surface area (Å²) in [5.41, 5.74) is 6.26. The summed E-state index contributed by atoms with van der Waals surface area (Å²) in [5.74, 6) is -0.665. The Morgan fingerprint density at radius 3 is 2.60 bits per heavy atom. The fourth-order valence-corrected chi connectivity index (χ4v) is 1.69. The van der Waals surface area contributed by atoms with Crippen LogP contribution in [0.25, 0.3) is 0 Å². The van der Waals surface area contributed by atoms with Gasteiger partial charge in [-0.1, -0.05) is 0 Å². The Kier molecular flexibility index (Phi) is 3.56. The number of anilines is 2. The summed E-state index contributed by atoms with van der Waals surface area (Å²) in [5, 5.41) is 0. The van der Waals surface area contributed by atoms with Crippen LogP contribution < -0.4 is 10.6 Å². The Labute approximate surface area is 113 Å². The number of nitrogens with zero attached hydrogens (tertiary/aromatic N) is 3. The second-order valence-electron chi connectivity index (χ2n) is 4.33. The zero-order valence-electron chi connectivity index (χ0n) is 10.9. The van der Waals surface area contributed by atoms with Crippen LogP contribution >= 0.6 is 0 Å². The summed E-state index contributed by atoms with van der Waals surface area (Å²) in [6.07, 6.45) is -3.11. The first-order valence-electron chi connectivity index (χ1n) is 5.73. The van der Waals surface area contributed by atoms with Gasteiger partial charge in [0.2, 0.25) is 5.82 Å². The average Bonchev–Trinajstić information content (AvgIpc) is 2.73. The monoisotopic (exact) mass is 286 g/mol. The standard InChI is InChI=1S/C12H13F3N4O/c1-7-8(3-4-20-7)6-19(2)10-5-9(16)17-11(18-10)12(13,14)15/h3-5H,6H2,1-2H3,(H2,16,17,18). The molecule has 2 heterocycles. The van der Waals surface area contributed by atoms with Crippen LogP contribution in [0.5, 0.6) is 0 Å². The van der Waals surface area contributed by atoms with Gasteiger partial charge in [0.15, 0.2) is 0 Å². The zero-order chi connectivity index (χ0) is 14.9. The highest BCUT2D eigenvalue weighted by Gasteiger charge is 2.35. The first kappa shape index (κ1) is 14.2. The largest absolute Gasteiger partial charge is 0.469 e. The normalized spacial score (nSPS) is 11.7. The molecular formula is C12H13F3N4O. The third kappa shape index (κ3) is 3.01. The number of hydrogen-bond donors (Lipinski definition) is 1. The lowest BCUT2D eigenvalue weighted by Crippen LogP contribution is -2.21. The van der Waals surface area contributed by atoms with Crippen molar-refractivity contribution in [2.75, 3.05) is 17.7 Å². The van der Waals surface area contributed by atoms with E-state index in [4.69, 9.17) is 10.2 Å². The Morgan fingerprint density at radius 2 is 2.05 bits per heavy atom. The SMILES string of the molecule is Cc1occc1CN(C)c1cc(N)nc(C(F)(F)F)n1. The van der Waals surface area contributed by atoms with Crippen molar-refractivity contribution in [1.29, 1.82) is 0 Å². The number of rotatable bonds is 3. The van der Waals surface area contributed by atoms with Gasteiger partial charge in [-0.25, -0.2) is 9.97 Å². The highest BCUT2D eigenvalue weighted by molar-refractivity contribution is 5.47. The fourth-order valence-electron chi connectivity index (χ4n) is 1.69. The van der Waals surface area contributed by atoms with Crippen LogP contribution in [0, 0.1) is 6.92 Å². The van der Waals surface area contributed by atoms with Crippen LogP contribution in [0.4, 0.5) is 24.8 Å². The third-order valence-corrected chi connectivity index (χ3v) is 2.75. The summed E-state index contributed by atoms with van der Waals surface area (Å²) < 4.78 is 43.1. The molecule has 0 saturated carbocycles. The molecule has 0 aliphatic heterocycles. The quantitative estimate of drug-likeness (QED) is 0.939. The maximum atomic E-state index is 12.6. The molecule has 0 aliphatic carbocycles. The molecule has 0 atom stereocenters. The van der Waals surface area contributed by atoms with Gasteiger partial charge in [-0.15, -0.1) is 0 Å². The molecule has 8 heteroatoms. The van der Waals surface area contributed by atoms with E-state index in [2.05, 4.69) is 9.97 Å². The number of hydrogen-bond acceptors (Lipinski definition) is 5. The third-order valence-electron chi connectivity index (χ3n) is 2.75. The van der Waals surface area contributed by atoms with E-state index in [-0.39, 0.29) is 11.6 Å². The molecule has 0 saturated heterocycles. The van der Waals surface area contributed by atoms with Gasteiger partial charge >= 0.3 is 6.18 Å². The number of aromatic nitrogens is 2. The predicted molar refractivity (Wildman–Crippen MR) is 67.0 cm³/mol. The van der Waals surface area contributed by atoms with E-state index in [1.54, 1.807) is 24.9 Å². The molecule has 108 valence electrons. The minimum atomic E-state index is -4.63. The maximum absolute atomic E-state index is 12.6. The van der Waals surface area contributed by atoms with Crippen LogP contribution in [-0.2, 0) is 12.7 Å². The first-order chi connectivity index (χ1) is 9.27. The van der Waals surface area contributed by atoms with Gasteiger partial charge < -0.3 is 15.1 Å². The van der Waals surface area contributed by atoms with E-state index in [1.165, 1.54) is 12.3 Å². The number of halogens is 3. The highest BCUT2D eigenvalue weighted by atomic mass is 19.4. The Bertz CT molecular complexity index is 609. The summed E-state index contributed by atoms with van der Waals surface area (Å²) in [4.78, 5) is 8.24. The average molecular weight is 286 g/mol. The van der Waals surface area contributed by atoms with Crippen molar-refractivity contribution >= 4 is 11.6 Å². The van der Waals surface area contributed by atoms with Gasteiger partial charge in [-0.3, -0.25) is 0 Å². The molecule has 0 radical (unpaired) electrons. The molecule has 0 unspecified atom stereocenters. The molecule has 0 aromatic carbocycles. The topological polar surface area (TPSA) is 68.2 Å². The molecule has 0 aliphatic rings. The van der Waals surface area contributed by atoms with Gasteiger partial charge in [0.25, 0.3) is 0 Å². The number of aryl methyl sites for hydroxylation is 1. The molecule has 2 aromatic heterocycles. The number of nitrogen functional groups attached to an aromatic ring is 1. The smallest absolute Gasteiger partial charge is 0.451 e. The van der Waals surface area contributed by atoms with Gasteiger partial charge in [0.1, 0.15) is 17.4 Å². The minimum absolute atomic E-state index is 0.102. The van der Waals surface area contributed by atoms with Crippen molar-refractivity contribution < 1.29 is 17.6 Å².